The van der Waals surface area contributed by atoms with Crippen LogP contribution in [0.3, 0.4) is 0 Å². The molecule has 1 aromatic carbocycles. The van der Waals surface area contributed by atoms with Gasteiger partial charge in [-0.3, -0.25) is 14.6 Å². The Bertz CT molecular complexity index is 780. The zero-order valence-corrected chi connectivity index (χ0v) is 14.3. The largest absolute Gasteiger partial charge is 0.351 e. The maximum Gasteiger partial charge on any atom is 0.252 e. The Kier molecular flexibility index (Phi) is 4.79. The monoisotopic (exact) mass is 325 g/mol. The molecule has 1 fully saturated rings. The first-order valence-electron chi connectivity index (χ1n) is 8.48. The number of aromatic nitrogens is 1. The number of likely N-dealkylation sites (tertiary alicyclic amines) is 1. The van der Waals surface area contributed by atoms with Gasteiger partial charge in [-0.15, -0.1) is 0 Å². The Morgan fingerprint density at radius 1 is 1.17 bits per heavy atom. The fourth-order valence-corrected chi connectivity index (χ4v) is 3.16. The van der Waals surface area contributed by atoms with Gasteiger partial charge in [-0.05, 0) is 44.9 Å². The normalized spacial score (nSPS) is 14.2. The molecule has 2 aromatic rings. The third-order valence-electron chi connectivity index (χ3n) is 4.42. The summed E-state index contributed by atoms with van der Waals surface area (Å²) in [6, 6.07) is 7.71. The van der Waals surface area contributed by atoms with Crippen LogP contribution >= 0.6 is 0 Å². The number of nitrogens with zero attached hydrogens (tertiary/aromatic N) is 2. The molecule has 0 unspecified atom stereocenters. The second kappa shape index (κ2) is 6.99. The lowest BCUT2D eigenvalue weighted by Gasteiger charge is -2.15. The summed E-state index contributed by atoms with van der Waals surface area (Å²) < 4.78 is 0. The van der Waals surface area contributed by atoms with Crippen molar-refractivity contribution in [3.63, 3.8) is 0 Å². The molecule has 0 aliphatic carbocycles. The molecular weight excluding hydrogens is 302 g/mol. The predicted molar refractivity (Wildman–Crippen MR) is 94.0 cm³/mol. The lowest BCUT2D eigenvalue weighted by atomic mass is 10.0. The molecule has 5 nitrogen and oxygen atoms in total. The number of carbonyl (C=O) groups is 2. The summed E-state index contributed by atoms with van der Waals surface area (Å²) in [7, 11) is 0. The Morgan fingerprint density at radius 3 is 2.67 bits per heavy atom. The molecule has 3 rings (SSSR count). The van der Waals surface area contributed by atoms with Gasteiger partial charge in [0, 0.05) is 37.1 Å². The van der Waals surface area contributed by atoms with Gasteiger partial charge in [0.1, 0.15) is 0 Å². The zero-order chi connectivity index (χ0) is 17.1. The van der Waals surface area contributed by atoms with Crippen LogP contribution in [-0.2, 0) is 4.79 Å². The van der Waals surface area contributed by atoms with E-state index < -0.39 is 0 Å². The van der Waals surface area contributed by atoms with Crippen LogP contribution in [0.15, 0.2) is 24.3 Å². The predicted octanol–water partition coefficient (Wildman–Crippen LogP) is 2.59. The molecule has 1 aromatic heterocycles. The highest BCUT2D eigenvalue weighted by Crippen LogP contribution is 2.20. The van der Waals surface area contributed by atoms with Crippen molar-refractivity contribution in [2.75, 3.05) is 19.6 Å². The van der Waals surface area contributed by atoms with Gasteiger partial charge in [0.25, 0.3) is 5.91 Å². The summed E-state index contributed by atoms with van der Waals surface area (Å²) in [6.45, 7) is 5.94. The number of fused-ring (bicyclic) bond motifs is 1. The second-order valence-electron chi connectivity index (χ2n) is 6.43. The first-order valence-corrected chi connectivity index (χ1v) is 8.48. The lowest BCUT2D eigenvalue weighted by Crippen LogP contribution is -2.32. The van der Waals surface area contributed by atoms with Gasteiger partial charge in [0.2, 0.25) is 5.91 Å². The molecule has 5 heteroatoms. The van der Waals surface area contributed by atoms with Crippen LogP contribution in [0.5, 0.6) is 0 Å². The number of carbonyl (C=O) groups excluding carboxylic acids is 2. The highest BCUT2D eigenvalue weighted by molar-refractivity contribution is 6.06. The standard InChI is InChI=1S/C19H23N3O2/c1-13-5-6-17-15(11-13)16(12-14(2)21-17)19(24)20-8-7-18(23)22-9-3-4-10-22/h5-6,11-12H,3-4,7-10H2,1-2H3,(H,20,24). The molecular formula is C19H23N3O2. The highest BCUT2D eigenvalue weighted by atomic mass is 16.2. The first kappa shape index (κ1) is 16.4. The molecule has 0 saturated carbocycles. The number of hydrogen-bond donors (Lipinski definition) is 1. The first-order chi connectivity index (χ1) is 11.5. The molecule has 2 heterocycles. The van der Waals surface area contributed by atoms with Crippen LogP contribution < -0.4 is 5.32 Å². The highest BCUT2D eigenvalue weighted by Gasteiger charge is 2.18. The number of amides is 2. The van der Waals surface area contributed by atoms with Crippen molar-refractivity contribution in [2.24, 2.45) is 0 Å². The maximum absolute atomic E-state index is 12.6. The average molecular weight is 325 g/mol. The fourth-order valence-electron chi connectivity index (χ4n) is 3.16. The molecule has 1 N–H and O–H groups in total. The molecule has 1 aliphatic heterocycles. The van der Waals surface area contributed by atoms with Gasteiger partial charge in [0.15, 0.2) is 0 Å². The molecule has 24 heavy (non-hydrogen) atoms. The zero-order valence-electron chi connectivity index (χ0n) is 14.3. The van der Waals surface area contributed by atoms with Crippen LogP contribution in [0.2, 0.25) is 0 Å². The van der Waals surface area contributed by atoms with Crippen molar-refractivity contribution in [1.82, 2.24) is 15.2 Å². The molecule has 0 bridgehead atoms. The summed E-state index contributed by atoms with van der Waals surface area (Å²) in [5.41, 5.74) is 3.34. The Labute approximate surface area is 142 Å². The number of pyridine rings is 1. The smallest absolute Gasteiger partial charge is 0.252 e. The summed E-state index contributed by atoms with van der Waals surface area (Å²) in [5.74, 6) is -0.0234. The van der Waals surface area contributed by atoms with Crippen LogP contribution in [0.25, 0.3) is 10.9 Å². The van der Waals surface area contributed by atoms with Crippen molar-refractivity contribution < 1.29 is 9.59 Å². The van der Waals surface area contributed by atoms with E-state index in [0.29, 0.717) is 18.5 Å². The average Bonchev–Trinajstić information content (AvgIpc) is 3.09. The molecule has 2 amide bonds. The number of benzene rings is 1. The van der Waals surface area contributed by atoms with Crippen LogP contribution in [0, 0.1) is 13.8 Å². The van der Waals surface area contributed by atoms with Gasteiger partial charge in [-0.2, -0.15) is 0 Å². The van der Waals surface area contributed by atoms with Crippen molar-refractivity contribution in [1.29, 1.82) is 0 Å². The van der Waals surface area contributed by atoms with E-state index in [-0.39, 0.29) is 11.8 Å². The van der Waals surface area contributed by atoms with Gasteiger partial charge in [-0.25, -0.2) is 0 Å². The van der Waals surface area contributed by atoms with E-state index >= 15 is 0 Å². The summed E-state index contributed by atoms with van der Waals surface area (Å²) in [5, 5.41) is 3.73. The molecule has 1 aliphatic rings. The minimum atomic E-state index is -0.148. The Balaban J connectivity index is 1.69. The summed E-state index contributed by atoms with van der Waals surface area (Å²) >= 11 is 0. The maximum atomic E-state index is 12.6. The van der Waals surface area contributed by atoms with E-state index in [1.807, 2.05) is 36.9 Å². The third-order valence-corrected chi connectivity index (χ3v) is 4.42. The van der Waals surface area contributed by atoms with Crippen LogP contribution in [-0.4, -0.2) is 41.3 Å². The molecule has 0 spiro atoms. The molecule has 126 valence electrons. The SMILES string of the molecule is Cc1ccc2nc(C)cc(C(=O)NCCC(=O)N3CCCC3)c2c1. The minimum absolute atomic E-state index is 0.124. The van der Waals surface area contributed by atoms with Crippen LogP contribution in [0.4, 0.5) is 0 Å². The van der Waals surface area contributed by atoms with E-state index in [1.54, 1.807) is 6.07 Å². The molecule has 0 radical (unpaired) electrons. The van der Waals surface area contributed by atoms with Crippen molar-refractivity contribution in [3.05, 3.63) is 41.1 Å². The minimum Gasteiger partial charge on any atom is -0.351 e. The summed E-state index contributed by atoms with van der Waals surface area (Å²) in [4.78, 5) is 31.0. The van der Waals surface area contributed by atoms with E-state index in [9.17, 15) is 9.59 Å². The fraction of sp³-hybridized carbons (Fsp3) is 0.421. The molecule has 0 atom stereocenters. The van der Waals surface area contributed by atoms with Gasteiger partial charge < -0.3 is 10.2 Å². The van der Waals surface area contributed by atoms with Gasteiger partial charge in [0.05, 0.1) is 11.1 Å². The Hall–Kier alpha value is -2.43. The van der Waals surface area contributed by atoms with E-state index in [1.165, 1.54) is 0 Å². The van der Waals surface area contributed by atoms with Crippen molar-refractivity contribution in [3.8, 4) is 0 Å². The number of nitrogens with one attached hydrogen (secondary N) is 1. The topological polar surface area (TPSA) is 62.3 Å². The second-order valence-corrected chi connectivity index (χ2v) is 6.43. The van der Waals surface area contributed by atoms with Gasteiger partial charge >= 0.3 is 0 Å². The van der Waals surface area contributed by atoms with Crippen molar-refractivity contribution in [2.45, 2.75) is 33.1 Å². The third kappa shape index (κ3) is 3.55. The van der Waals surface area contributed by atoms with Gasteiger partial charge in [-0.1, -0.05) is 11.6 Å². The lowest BCUT2D eigenvalue weighted by molar-refractivity contribution is -0.129. The Morgan fingerprint density at radius 2 is 1.92 bits per heavy atom. The van der Waals surface area contributed by atoms with E-state index in [4.69, 9.17) is 0 Å². The van der Waals surface area contributed by atoms with E-state index in [2.05, 4.69) is 10.3 Å². The van der Waals surface area contributed by atoms with Crippen molar-refractivity contribution >= 4 is 22.7 Å². The van der Waals surface area contributed by atoms with Crippen LogP contribution in [0.1, 0.15) is 40.9 Å². The number of aryl methyl sites for hydroxylation is 2. The van der Waals surface area contributed by atoms with E-state index in [0.717, 1.165) is 48.1 Å². The quantitative estimate of drug-likeness (QED) is 0.940. The number of hydrogen-bond acceptors (Lipinski definition) is 3. The summed E-state index contributed by atoms with van der Waals surface area (Å²) in [6.07, 6.45) is 2.52. The molecule has 1 saturated heterocycles. The number of rotatable bonds is 4.